The van der Waals surface area contributed by atoms with Gasteiger partial charge in [0.2, 0.25) is 11.8 Å². The van der Waals surface area contributed by atoms with Crippen molar-refractivity contribution in [1.82, 2.24) is 29.8 Å². The molecule has 0 bridgehead atoms. The Bertz CT molecular complexity index is 1050. The molecule has 1 saturated heterocycles. The number of nitrogens with zero attached hydrogens (tertiary/aromatic N) is 5. The molecule has 0 radical (unpaired) electrons. The topological polar surface area (TPSA) is 92.5 Å². The van der Waals surface area contributed by atoms with Gasteiger partial charge in [0.1, 0.15) is 0 Å². The highest BCUT2D eigenvalue weighted by atomic mass is 19.4. The van der Waals surface area contributed by atoms with Crippen LogP contribution in [0.3, 0.4) is 0 Å². The maximum absolute atomic E-state index is 13.0. The van der Waals surface area contributed by atoms with Crippen molar-refractivity contribution < 1.29 is 22.8 Å². The fourth-order valence-electron chi connectivity index (χ4n) is 5.08. The number of carbonyl (C=O) groups is 2. The number of amides is 2. The predicted molar refractivity (Wildman–Crippen MR) is 118 cm³/mol. The van der Waals surface area contributed by atoms with E-state index in [0.717, 1.165) is 43.0 Å². The quantitative estimate of drug-likeness (QED) is 0.708. The number of halogens is 3. The van der Waals surface area contributed by atoms with E-state index in [-0.39, 0.29) is 36.0 Å². The highest BCUT2D eigenvalue weighted by Crippen LogP contribution is 2.28. The van der Waals surface area contributed by atoms with E-state index in [2.05, 4.69) is 20.4 Å². The molecular weight excluding hydrogens is 449 g/mol. The van der Waals surface area contributed by atoms with Crippen LogP contribution in [0.15, 0.2) is 0 Å². The van der Waals surface area contributed by atoms with Gasteiger partial charge in [-0.15, -0.1) is 5.10 Å². The van der Waals surface area contributed by atoms with Crippen molar-refractivity contribution in [3.8, 4) is 0 Å². The zero-order chi connectivity index (χ0) is 24.5. The highest BCUT2D eigenvalue weighted by molar-refractivity contribution is 5.79. The van der Waals surface area contributed by atoms with E-state index in [1.54, 1.807) is 13.8 Å². The Morgan fingerprint density at radius 2 is 1.71 bits per heavy atom. The Hall–Kier alpha value is -2.72. The maximum Gasteiger partial charge on any atom is 0.453 e. The van der Waals surface area contributed by atoms with Gasteiger partial charge in [-0.2, -0.15) is 18.2 Å². The van der Waals surface area contributed by atoms with E-state index in [0.29, 0.717) is 36.5 Å². The summed E-state index contributed by atoms with van der Waals surface area (Å²) in [6, 6.07) is 0.0235. The summed E-state index contributed by atoms with van der Waals surface area (Å²) in [5, 5.41) is 6.59. The van der Waals surface area contributed by atoms with Crippen LogP contribution in [0.2, 0.25) is 0 Å². The van der Waals surface area contributed by atoms with Crippen LogP contribution in [0.25, 0.3) is 5.78 Å². The average molecular weight is 481 g/mol. The molecule has 0 unspecified atom stereocenters. The lowest BCUT2D eigenvalue weighted by Gasteiger charge is -2.35. The fraction of sp³-hybridized carbons (Fsp3) is 0.696. The number of hydrogen-bond acceptors (Lipinski definition) is 5. The third-order valence-electron chi connectivity index (χ3n) is 7.03. The van der Waals surface area contributed by atoms with Crippen molar-refractivity contribution in [3.63, 3.8) is 0 Å². The molecule has 11 heteroatoms. The number of aryl methyl sites for hydroxylation is 2. The van der Waals surface area contributed by atoms with E-state index >= 15 is 0 Å². The summed E-state index contributed by atoms with van der Waals surface area (Å²) in [4.78, 5) is 34.9. The van der Waals surface area contributed by atoms with Crippen LogP contribution in [0.1, 0.15) is 74.1 Å². The van der Waals surface area contributed by atoms with E-state index in [1.807, 2.05) is 4.90 Å². The zero-order valence-electron chi connectivity index (χ0n) is 19.6. The molecule has 0 atom stereocenters. The summed E-state index contributed by atoms with van der Waals surface area (Å²) in [5.41, 5.74) is 1.72. The molecule has 2 aromatic heterocycles. The molecule has 0 spiro atoms. The second kappa shape index (κ2) is 9.87. The van der Waals surface area contributed by atoms with Crippen molar-refractivity contribution in [2.45, 2.75) is 83.9 Å². The number of aromatic nitrogens is 4. The lowest BCUT2D eigenvalue weighted by atomic mass is 9.87. The van der Waals surface area contributed by atoms with Gasteiger partial charge in [-0.3, -0.25) is 9.59 Å². The van der Waals surface area contributed by atoms with Gasteiger partial charge in [-0.1, -0.05) is 19.3 Å². The van der Waals surface area contributed by atoms with Crippen LogP contribution in [0, 0.1) is 19.8 Å². The normalized spacial score (nSPS) is 18.4. The molecular formula is C23H31F3N6O2. The van der Waals surface area contributed by atoms with Crippen molar-refractivity contribution in [2.24, 2.45) is 5.92 Å². The SMILES string of the molecule is Cc1nc2nc(C(F)(F)F)nn2c(C)c1CCC(=O)NC1CCN(C(=O)C2CCCCC2)CC1. The first-order valence-corrected chi connectivity index (χ1v) is 12.0. The van der Waals surface area contributed by atoms with Crippen molar-refractivity contribution in [1.29, 1.82) is 0 Å². The van der Waals surface area contributed by atoms with Gasteiger partial charge in [-0.25, -0.2) is 9.50 Å². The monoisotopic (exact) mass is 480 g/mol. The summed E-state index contributed by atoms with van der Waals surface area (Å²) in [6.07, 6.45) is 2.80. The molecule has 1 aliphatic carbocycles. The number of rotatable bonds is 5. The van der Waals surface area contributed by atoms with E-state index in [9.17, 15) is 22.8 Å². The molecule has 2 aliphatic rings. The minimum Gasteiger partial charge on any atom is -0.353 e. The van der Waals surface area contributed by atoms with Crippen molar-refractivity contribution in [2.75, 3.05) is 13.1 Å². The summed E-state index contributed by atoms with van der Waals surface area (Å²) in [7, 11) is 0. The van der Waals surface area contributed by atoms with Crippen LogP contribution in [-0.4, -0.2) is 55.4 Å². The van der Waals surface area contributed by atoms with Gasteiger partial charge >= 0.3 is 6.18 Å². The number of hydrogen-bond donors (Lipinski definition) is 1. The smallest absolute Gasteiger partial charge is 0.353 e. The zero-order valence-corrected chi connectivity index (χ0v) is 19.6. The Kier molecular flexibility index (Phi) is 7.09. The summed E-state index contributed by atoms with van der Waals surface area (Å²) in [6.45, 7) is 4.67. The number of alkyl halides is 3. The second-order valence-electron chi connectivity index (χ2n) is 9.41. The van der Waals surface area contributed by atoms with Gasteiger partial charge in [0, 0.05) is 42.9 Å². The molecule has 34 heavy (non-hydrogen) atoms. The number of carbonyl (C=O) groups excluding carboxylic acids is 2. The summed E-state index contributed by atoms with van der Waals surface area (Å²) >= 11 is 0. The van der Waals surface area contributed by atoms with Crippen LogP contribution >= 0.6 is 0 Å². The Morgan fingerprint density at radius 3 is 2.35 bits per heavy atom. The van der Waals surface area contributed by atoms with Crippen LogP contribution in [0.4, 0.5) is 13.2 Å². The lowest BCUT2D eigenvalue weighted by molar-refractivity contribution is -0.144. The lowest BCUT2D eigenvalue weighted by Crippen LogP contribution is -2.48. The van der Waals surface area contributed by atoms with Crippen LogP contribution in [-0.2, 0) is 22.2 Å². The molecule has 2 amide bonds. The maximum atomic E-state index is 13.0. The predicted octanol–water partition coefficient (Wildman–Crippen LogP) is 3.38. The van der Waals surface area contributed by atoms with Gasteiger partial charge in [0.15, 0.2) is 0 Å². The minimum absolute atomic E-state index is 0.0235. The van der Waals surface area contributed by atoms with E-state index in [1.165, 1.54) is 6.42 Å². The third-order valence-corrected chi connectivity index (χ3v) is 7.03. The molecule has 3 heterocycles. The summed E-state index contributed by atoms with van der Waals surface area (Å²) in [5.74, 6) is -1.03. The molecule has 4 rings (SSSR count). The largest absolute Gasteiger partial charge is 0.453 e. The first-order valence-electron chi connectivity index (χ1n) is 12.0. The molecule has 2 aromatic rings. The molecule has 1 N–H and O–H groups in total. The van der Waals surface area contributed by atoms with Crippen LogP contribution in [0.5, 0.6) is 0 Å². The molecule has 8 nitrogen and oxygen atoms in total. The first-order chi connectivity index (χ1) is 16.1. The van der Waals surface area contributed by atoms with Gasteiger partial charge in [0.05, 0.1) is 0 Å². The fourth-order valence-corrected chi connectivity index (χ4v) is 5.08. The first kappa shape index (κ1) is 24.4. The van der Waals surface area contributed by atoms with E-state index < -0.39 is 12.0 Å². The third kappa shape index (κ3) is 5.33. The minimum atomic E-state index is -4.65. The van der Waals surface area contributed by atoms with Crippen molar-refractivity contribution in [3.05, 3.63) is 22.8 Å². The highest BCUT2D eigenvalue weighted by Gasteiger charge is 2.37. The number of likely N-dealkylation sites (tertiary alicyclic amines) is 1. The molecule has 1 aliphatic heterocycles. The number of fused-ring (bicyclic) bond motifs is 1. The number of nitrogens with one attached hydrogen (secondary N) is 1. The average Bonchev–Trinajstić information content (AvgIpc) is 3.24. The van der Waals surface area contributed by atoms with Gasteiger partial charge in [0.25, 0.3) is 11.6 Å². The standard InChI is InChI=1S/C23H31F3N6O2/c1-14-18(15(2)32-22(27-14)29-21(30-32)23(24,25)26)8-9-19(33)28-17-10-12-31(13-11-17)20(34)16-6-4-3-5-7-16/h16-17H,3-13H2,1-2H3,(H,28,33). The van der Waals surface area contributed by atoms with Crippen LogP contribution < -0.4 is 5.32 Å². The second-order valence-corrected chi connectivity index (χ2v) is 9.41. The molecule has 2 fully saturated rings. The van der Waals surface area contributed by atoms with E-state index in [4.69, 9.17) is 0 Å². The Labute approximate surface area is 196 Å². The summed E-state index contributed by atoms with van der Waals surface area (Å²) < 4.78 is 40.0. The number of piperidine rings is 1. The molecule has 0 aromatic carbocycles. The van der Waals surface area contributed by atoms with Crippen molar-refractivity contribution >= 4 is 17.6 Å². The van der Waals surface area contributed by atoms with Gasteiger partial charge in [-0.05, 0) is 51.5 Å². The van der Waals surface area contributed by atoms with Gasteiger partial charge < -0.3 is 10.2 Å². The Balaban J connectivity index is 1.30. The molecule has 186 valence electrons. The molecule has 1 saturated carbocycles. The Morgan fingerprint density at radius 1 is 1.03 bits per heavy atom.